The number of carboxylic acid groups (broad SMARTS) is 1. The summed E-state index contributed by atoms with van der Waals surface area (Å²) in [6, 6.07) is 6.18. The number of carboxylic acids is 1. The van der Waals surface area contributed by atoms with Crippen molar-refractivity contribution in [2.24, 2.45) is 0 Å². The van der Waals surface area contributed by atoms with Gasteiger partial charge in [-0.25, -0.2) is 9.48 Å². The second-order valence-electron chi connectivity index (χ2n) is 5.55. The number of aliphatic carboxylic acids is 1. The second kappa shape index (κ2) is 5.63. The lowest BCUT2D eigenvalue weighted by Crippen LogP contribution is -2.40. The van der Waals surface area contributed by atoms with Gasteiger partial charge >= 0.3 is 5.97 Å². The zero-order valence-corrected chi connectivity index (χ0v) is 12.8. The maximum Gasteiger partial charge on any atom is 0.331 e. The SMILES string of the molecule is CCC(C)(C(=O)O)n1nnnc1Cc1cc(C)ccc1C. The van der Waals surface area contributed by atoms with Crippen LogP contribution in [0.2, 0.25) is 0 Å². The molecule has 112 valence electrons. The second-order valence-corrected chi connectivity index (χ2v) is 5.55. The molecule has 21 heavy (non-hydrogen) atoms. The molecular formula is C15H20N4O2. The molecule has 6 nitrogen and oxygen atoms in total. The van der Waals surface area contributed by atoms with E-state index in [9.17, 15) is 9.90 Å². The Morgan fingerprint density at radius 3 is 2.71 bits per heavy atom. The van der Waals surface area contributed by atoms with Crippen LogP contribution in [-0.4, -0.2) is 31.3 Å². The van der Waals surface area contributed by atoms with E-state index < -0.39 is 11.5 Å². The van der Waals surface area contributed by atoms with Crippen LogP contribution < -0.4 is 0 Å². The van der Waals surface area contributed by atoms with E-state index in [2.05, 4.69) is 33.7 Å². The van der Waals surface area contributed by atoms with Crippen LogP contribution in [0.3, 0.4) is 0 Å². The van der Waals surface area contributed by atoms with Crippen molar-refractivity contribution in [3.05, 3.63) is 40.7 Å². The molecule has 0 aliphatic carbocycles. The lowest BCUT2D eigenvalue weighted by Gasteiger charge is -2.24. The Kier molecular flexibility index (Phi) is 4.06. The normalized spacial score (nSPS) is 13.9. The standard InChI is InChI=1S/C15H20N4O2/c1-5-15(4,14(20)21)19-13(16-17-18-19)9-12-8-10(2)6-7-11(12)3/h6-8H,5,9H2,1-4H3,(H,20,21). The van der Waals surface area contributed by atoms with E-state index in [1.54, 1.807) is 6.92 Å². The molecule has 0 bridgehead atoms. The van der Waals surface area contributed by atoms with E-state index in [0.29, 0.717) is 18.7 Å². The summed E-state index contributed by atoms with van der Waals surface area (Å²) in [5.74, 6) is -0.366. The van der Waals surface area contributed by atoms with E-state index in [-0.39, 0.29) is 0 Å². The van der Waals surface area contributed by atoms with Crippen LogP contribution in [0.5, 0.6) is 0 Å². The highest BCUT2D eigenvalue weighted by molar-refractivity contribution is 5.76. The average Bonchev–Trinajstić information content (AvgIpc) is 2.90. The number of hydrogen-bond acceptors (Lipinski definition) is 4. The molecule has 1 atom stereocenters. The monoisotopic (exact) mass is 288 g/mol. The fourth-order valence-corrected chi connectivity index (χ4v) is 2.25. The molecule has 0 aliphatic heterocycles. The third-order valence-corrected chi connectivity index (χ3v) is 4.00. The number of nitrogens with zero attached hydrogens (tertiary/aromatic N) is 4. The fourth-order valence-electron chi connectivity index (χ4n) is 2.25. The van der Waals surface area contributed by atoms with Gasteiger partial charge in [0.05, 0.1) is 0 Å². The molecule has 6 heteroatoms. The summed E-state index contributed by atoms with van der Waals surface area (Å²) >= 11 is 0. The quantitative estimate of drug-likeness (QED) is 0.911. The first-order chi connectivity index (χ1) is 9.88. The number of carbonyl (C=O) groups is 1. The maximum absolute atomic E-state index is 11.6. The largest absolute Gasteiger partial charge is 0.479 e. The summed E-state index contributed by atoms with van der Waals surface area (Å²) < 4.78 is 1.43. The molecule has 0 amide bonds. The van der Waals surface area contributed by atoms with Gasteiger partial charge in [0, 0.05) is 6.42 Å². The number of benzene rings is 1. The van der Waals surface area contributed by atoms with Gasteiger partial charge in [-0.2, -0.15) is 0 Å². The highest BCUT2D eigenvalue weighted by atomic mass is 16.4. The summed E-state index contributed by atoms with van der Waals surface area (Å²) in [7, 11) is 0. The van der Waals surface area contributed by atoms with Crippen LogP contribution in [0.15, 0.2) is 18.2 Å². The fraction of sp³-hybridized carbons (Fsp3) is 0.467. The van der Waals surface area contributed by atoms with Gasteiger partial charge in [0.1, 0.15) is 0 Å². The van der Waals surface area contributed by atoms with Gasteiger partial charge in [-0.1, -0.05) is 30.7 Å². The molecule has 1 heterocycles. The summed E-state index contributed by atoms with van der Waals surface area (Å²) in [5.41, 5.74) is 2.28. The zero-order chi connectivity index (χ0) is 15.6. The van der Waals surface area contributed by atoms with Crippen LogP contribution >= 0.6 is 0 Å². The van der Waals surface area contributed by atoms with Crippen LogP contribution in [0.25, 0.3) is 0 Å². The molecule has 2 rings (SSSR count). The van der Waals surface area contributed by atoms with E-state index in [1.165, 1.54) is 4.68 Å². The van der Waals surface area contributed by atoms with Gasteiger partial charge in [0.2, 0.25) is 0 Å². The molecule has 1 N–H and O–H groups in total. The highest BCUT2D eigenvalue weighted by Crippen LogP contribution is 2.22. The first-order valence-corrected chi connectivity index (χ1v) is 6.95. The van der Waals surface area contributed by atoms with Crippen LogP contribution in [0.1, 0.15) is 42.8 Å². The predicted molar refractivity (Wildman–Crippen MR) is 78.1 cm³/mol. The molecule has 1 aromatic heterocycles. The Bertz CT molecular complexity index is 665. The summed E-state index contributed by atoms with van der Waals surface area (Å²) in [6.07, 6.45) is 0.927. The molecule has 0 radical (unpaired) electrons. The molecule has 2 aromatic rings. The van der Waals surface area contributed by atoms with Crippen molar-refractivity contribution >= 4 is 5.97 Å². The van der Waals surface area contributed by atoms with E-state index in [0.717, 1.165) is 16.7 Å². The van der Waals surface area contributed by atoms with Crippen molar-refractivity contribution in [1.82, 2.24) is 20.2 Å². The lowest BCUT2D eigenvalue weighted by atomic mass is 9.98. The van der Waals surface area contributed by atoms with Crippen molar-refractivity contribution in [2.75, 3.05) is 0 Å². The first-order valence-electron chi connectivity index (χ1n) is 6.95. The number of tetrazole rings is 1. The number of hydrogen-bond donors (Lipinski definition) is 1. The smallest absolute Gasteiger partial charge is 0.331 e. The molecule has 0 fully saturated rings. The van der Waals surface area contributed by atoms with Crippen LogP contribution in [0, 0.1) is 13.8 Å². The summed E-state index contributed by atoms with van der Waals surface area (Å²) in [4.78, 5) is 11.6. The Hall–Kier alpha value is -2.24. The third kappa shape index (κ3) is 2.79. The van der Waals surface area contributed by atoms with E-state index in [4.69, 9.17) is 0 Å². The molecule has 1 unspecified atom stereocenters. The Balaban J connectivity index is 2.42. The van der Waals surface area contributed by atoms with Crippen LogP contribution in [-0.2, 0) is 16.8 Å². The molecular weight excluding hydrogens is 268 g/mol. The average molecular weight is 288 g/mol. The predicted octanol–water partition coefficient (Wildman–Crippen LogP) is 2.09. The van der Waals surface area contributed by atoms with Gasteiger partial charge in [0.25, 0.3) is 0 Å². The van der Waals surface area contributed by atoms with Crippen molar-refractivity contribution in [2.45, 2.75) is 46.1 Å². The van der Waals surface area contributed by atoms with Crippen molar-refractivity contribution in [3.63, 3.8) is 0 Å². The minimum atomic E-state index is -1.13. The number of aryl methyl sites for hydroxylation is 2. The van der Waals surface area contributed by atoms with E-state index >= 15 is 0 Å². The van der Waals surface area contributed by atoms with Crippen LogP contribution in [0.4, 0.5) is 0 Å². The first kappa shape index (κ1) is 15.2. The Morgan fingerprint density at radius 2 is 2.10 bits per heavy atom. The minimum Gasteiger partial charge on any atom is -0.479 e. The number of aromatic nitrogens is 4. The minimum absolute atomic E-state index is 0.410. The third-order valence-electron chi connectivity index (χ3n) is 4.00. The van der Waals surface area contributed by atoms with Crippen molar-refractivity contribution < 1.29 is 9.90 Å². The van der Waals surface area contributed by atoms with Gasteiger partial charge < -0.3 is 5.11 Å². The Labute approximate surface area is 123 Å². The molecule has 1 aromatic carbocycles. The summed E-state index contributed by atoms with van der Waals surface area (Å²) in [5, 5.41) is 21.1. The molecule has 0 spiro atoms. The van der Waals surface area contributed by atoms with Crippen molar-refractivity contribution in [1.29, 1.82) is 0 Å². The Morgan fingerprint density at radius 1 is 1.38 bits per heavy atom. The van der Waals surface area contributed by atoms with Gasteiger partial charge in [-0.3, -0.25) is 0 Å². The van der Waals surface area contributed by atoms with Crippen molar-refractivity contribution in [3.8, 4) is 0 Å². The molecule has 0 saturated carbocycles. The van der Waals surface area contributed by atoms with Gasteiger partial charge in [0.15, 0.2) is 11.4 Å². The van der Waals surface area contributed by atoms with E-state index in [1.807, 2.05) is 20.8 Å². The summed E-state index contributed by atoms with van der Waals surface area (Å²) in [6.45, 7) is 7.51. The zero-order valence-electron chi connectivity index (χ0n) is 12.8. The maximum atomic E-state index is 11.6. The molecule has 0 saturated heterocycles. The molecule has 0 aliphatic rings. The topological polar surface area (TPSA) is 80.9 Å². The van der Waals surface area contributed by atoms with Gasteiger partial charge in [-0.15, -0.1) is 5.10 Å². The number of rotatable bonds is 5. The highest BCUT2D eigenvalue weighted by Gasteiger charge is 2.36. The van der Waals surface area contributed by atoms with Gasteiger partial charge in [-0.05, 0) is 48.7 Å². The lowest BCUT2D eigenvalue weighted by molar-refractivity contribution is -0.147.